The Kier molecular flexibility index (Phi) is 8.25. The van der Waals surface area contributed by atoms with Gasteiger partial charge in [-0.15, -0.1) is 0 Å². The fourth-order valence-corrected chi connectivity index (χ4v) is 16.5. The van der Waals surface area contributed by atoms with Gasteiger partial charge in [0.2, 0.25) is 11.6 Å². The van der Waals surface area contributed by atoms with E-state index in [1.807, 2.05) is 0 Å². The minimum absolute atomic E-state index is 0.883. The second-order valence-electron chi connectivity index (χ2n) is 18.3. The average Bonchev–Trinajstić information content (AvgIpc) is 4.23. The van der Waals surface area contributed by atoms with E-state index in [9.17, 15) is 0 Å². The number of fused-ring (bicyclic) bond motifs is 13. The third-order valence-electron chi connectivity index (χ3n) is 14.6. The molecule has 0 aliphatic rings. The largest absolute Gasteiger partial charge is 0.309 e. The molecule has 0 atom stereocenters. The van der Waals surface area contributed by atoms with E-state index in [0.29, 0.717) is 0 Å². The summed E-state index contributed by atoms with van der Waals surface area (Å²) in [6.07, 6.45) is 0. The van der Waals surface area contributed by atoms with Gasteiger partial charge in [0.1, 0.15) is 0 Å². The lowest BCUT2D eigenvalue weighted by molar-refractivity contribution is 1.09. The van der Waals surface area contributed by atoms with Crippen LogP contribution in [0.5, 0.6) is 0 Å². The molecule has 5 aromatic heterocycles. The lowest BCUT2D eigenvalue weighted by atomic mass is 10.1. The minimum atomic E-state index is -2.86. The van der Waals surface area contributed by atoms with Crippen LogP contribution in [0.3, 0.4) is 0 Å². The van der Waals surface area contributed by atoms with Crippen molar-refractivity contribution in [3.8, 4) is 17.1 Å². The Labute approximate surface area is 402 Å². The molecule has 0 saturated heterocycles. The maximum absolute atomic E-state index is 5.28. The van der Waals surface area contributed by atoms with Crippen LogP contribution < -0.4 is 20.7 Å². The van der Waals surface area contributed by atoms with Crippen molar-refractivity contribution < 1.29 is 0 Å². The lowest BCUT2D eigenvalue weighted by Gasteiger charge is -2.34. The zero-order chi connectivity index (χ0) is 45.9. The van der Waals surface area contributed by atoms with Crippen molar-refractivity contribution in [2.45, 2.75) is 0 Å². The van der Waals surface area contributed by atoms with Crippen molar-refractivity contribution >= 4 is 106 Å². The first-order valence-electron chi connectivity index (χ1n) is 23.8. The maximum Gasteiger partial charge on any atom is 0.220 e. The Balaban J connectivity index is 1.03. The molecule has 0 fully saturated rings. The van der Waals surface area contributed by atoms with Crippen molar-refractivity contribution in [2.24, 2.45) is 0 Å². The normalized spacial score (nSPS) is 12.3. The molecule has 10 aromatic carbocycles. The number of benzene rings is 10. The first-order valence-corrected chi connectivity index (χ1v) is 25.8. The van der Waals surface area contributed by atoms with Crippen LogP contribution in [0, 0.1) is 0 Å². The zero-order valence-corrected chi connectivity index (χ0v) is 38.8. The molecule has 5 heterocycles. The van der Waals surface area contributed by atoms with Crippen LogP contribution in [0.15, 0.2) is 249 Å². The van der Waals surface area contributed by atoms with E-state index in [2.05, 4.69) is 271 Å². The van der Waals surface area contributed by atoms with Gasteiger partial charge >= 0.3 is 0 Å². The number of nitrogens with zero attached hydrogens (tertiary/aromatic N) is 7. The van der Waals surface area contributed by atoms with Crippen LogP contribution in [0.2, 0.25) is 0 Å². The second kappa shape index (κ2) is 14.9. The van der Waals surface area contributed by atoms with Crippen LogP contribution >= 0.6 is 0 Å². The molecule has 0 unspecified atom stereocenters. The quantitative estimate of drug-likeness (QED) is 0.118. The first-order chi connectivity index (χ1) is 34.7. The Hall–Kier alpha value is -9.24. The summed E-state index contributed by atoms with van der Waals surface area (Å²) in [7, 11) is -2.86. The Bertz CT molecular complexity index is 4440. The zero-order valence-electron chi connectivity index (χ0n) is 37.8. The van der Waals surface area contributed by atoms with Crippen molar-refractivity contribution in [2.75, 3.05) is 0 Å². The Morgan fingerprint density at radius 2 is 0.700 bits per heavy atom. The van der Waals surface area contributed by atoms with Crippen molar-refractivity contribution in [3.05, 3.63) is 249 Å². The number of hydrogen-bond donors (Lipinski definition) is 0. The van der Waals surface area contributed by atoms with Gasteiger partial charge in [0.15, 0.2) is 8.07 Å². The van der Waals surface area contributed by atoms with E-state index in [0.717, 1.165) is 83.8 Å². The molecule has 0 spiro atoms. The van der Waals surface area contributed by atoms with Crippen LogP contribution in [-0.4, -0.2) is 40.5 Å². The molecular weight excluding hydrogens is 871 g/mol. The Morgan fingerprint density at radius 3 is 1.23 bits per heavy atom. The number of hydrogen-bond acceptors (Lipinski definition) is 2. The summed E-state index contributed by atoms with van der Waals surface area (Å²) in [4.78, 5) is 10.5. The van der Waals surface area contributed by atoms with Crippen molar-refractivity contribution in [1.29, 1.82) is 0 Å². The fraction of sp³-hybridized carbons (Fsp3) is 0. The summed E-state index contributed by atoms with van der Waals surface area (Å²) in [5.41, 5.74) is 13.9. The average molecular weight is 912 g/mol. The maximum atomic E-state index is 5.28. The highest BCUT2D eigenvalue weighted by atomic mass is 28.3. The third kappa shape index (κ3) is 5.39. The summed E-state index contributed by atoms with van der Waals surface area (Å²) >= 11 is 0. The molecule has 15 aromatic rings. The van der Waals surface area contributed by atoms with Gasteiger partial charge in [-0.25, -0.2) is 9.97 Å². The van der Waals surface area contributed by atoms with E-state index < -0.39 is 8.07 Å². The van der Waals surface area contributed by atoms with Crippen LogP contribution in [0.25, 0.3) is 94.6 Å². The van der Waals surface area contributed by atoms with E-state index in [1.54, 1.807) is 0 Å². The highest BCUT2D eigenvalue weighted by molar-refractivity contribution is 7.20. The van der Waals surface area contributed by atoms with Gasteiger partial charge in [0, 0.05) is 16.5 Å². The van der Waals surface area contributed by atoms with Gasteiger partial charge in [-0.3, -0.25) is 17.9 Å². The fourth-order valence-electron chi connectivity index (χ4n) is 11.7. The first kappa shape index (κ1) is 38.8. The number of rotatable bonds is 7. The molecule has 70 heavy (non-hydrogen) atoms. The monoisotopic (exact) mass is 911 g/mol. The summed E-state index contributed by atoms with van der Waals surface area (Å²) < 4.78 is 11.7. The molecule has 328 valence electrons. The van der Waals surface area contributed by atoms with Gasteiger partial charge in [0.25, 0.3) is 0 Å². The van der Waals surface area contributed by atoms with Gasteiger partial charge in [-0.1, -0.05) is 164 Å². The minimum Gasteiger partial charge on any atom is -0.309 e. The molecule has 0 aliphatic carbocycles. The van der Waals surface area contributed by atoms with Gasteiger partial charge in [-0.05, 0) is 106 Å². The predicted molar refractivity (Wildman–Crippen MR) is 291 cm³/mol. The Morgan fingerprint density at radius 1 is 0.257 bits per heavy atom. The highest BCUT2D eigenvalue weighted by Gasteiger charge is 2.41. The molecule has 7 nitrogen and oxygen atoms in total. The molecule has 0 aliphatic heterocycles. The molecule has 8 heteroatoms. The van der Waals surface area contributed by atoms with Crippen molar-refractivity contribution in [1.82, 2.24) is 32.5 Å². The van der Waals surface area contributed by atoms with Crippen LogP contribution in [-0.2, 0) is 0 Å². The predicted octanol–water partition coefficient (Wildman–Crippen LogP) is 11.7. The van der Waals surface area contributed by atoms with Crippen LogP contribution in [0.4, 0.5) is 0 Å². The van der Waals surface area contributed by atoms with Crippen molar-refractivity contribution in [3.63, 3.8) is 0 Å². The summed E-state index contributed by atoms with van der Waals surface area (Å²) in [5.74, 6) is 1.77. The smallest absolute Gasteiger partial charge is 0.220 e. The lowest BCUT2D eigenvalue weighted by Crippen LogP contribution is -2.74. The number of aromatic nitrogens is 7. The van der Waals surface area contributed by atoms with Gasteiger partial charge in [0.05, 0.1) is 66.5 Å². The van der Waals surface area contributed by atoms with Crippen LogP contribution in [0.1, 0.15) is 0 Å². The van der Waals surface area contributed by atoms with E-state index in [-0.39, 0.29) is 0 Å². The number of para-hydroxylation sites is 8. The van der Waals surface area contributed by atoms with E-state index in [4.69, 9.17) is 9.97 Å². The van der Waals surface area contributed by atoms with Gasteiger partial charge < -0.3 is 4.57 Å². The van der Waals surface area contributed by atoms with E-state index >= 15 is 0 Å². The second-order valence-corrected chi connectivity index (χ2v) is 22.1. The summed E-state index contributed by atoms with van der Waals surface area (Å²) in [6, 6.07) is 90.9. The summed E-state index contributed by atoms with van der Waals surface area (Å²) in [6.45, 7) is 0. The standard InChI is InChI=1S/C62H41N7Si/c1-4-21-45(22-5-1)70(46-23-6-2-7-24-46,47-25-8-3-9-26-47)48-36-38-53-50(41-48)49-37-35-44(67-57-32-15-17-34-59(57)69-55-30-13-11-28-52(55)64-62(67)69)40-60(49)65(53)42-19-18-20-43(39-42)66-56-31-14-16-33-58(56)68-54-29-12-10-27-51(54)63-61(66)68/h1-41H. The topological polar surface area (TPSA) is 49.4 Å². The summed E-state index contributed by atoms with van der Waals surface area (Å²) in [5, 5.41) is 7.74. The number of imidazole rings is 4. The SMILES string of the molecule is c1ccc([Si](c2ccccc2)(c2ccccc2)c2ccc3c(c2)c2ccc(-n4c5ccccc5n5c6ccccc6nc45)cc2n3-c2cccc(-n3c4ccccc4n4c5ccccc5nc34)c2)cc1. The molecule has 15 rings (SSSR count). The molecule has 0 amide bonds. The highest BCUT2D eigenvalue weighted by Crippen LogP contribution is 2.37. The molecule has 0 bridgehead atoms. The third-order valence-corrected chi connectivity index (χ3v) is 19.4. The molecular formula is C62H41N7Si. The molecule has 0 saturated carbocycles. The molecule has 0 N–H and O–H groups in total. The van der Waals surface area contributed by atoms with Gasteiger partial charge in [-0.2, -0.15) is 0 Å². The molecule has 0 radical (unpaired) electrons. The van der Waals surface area contributed by atoms with E-state index in [1.165, 1.54) is 31.5 Å².